The first-order valence-corrected chi connectivity index (χ1v) is 12.7. The van der Waals surface area contributed by atoms with Gasteiger partial charge in [-0.15, -0.1) is 0 Å². The molecule has 0 heterocycles. The first-order chi connectivity index (χ1) is 13.7. The quantitative estimate of drug-likeness (QED) is 0.525. The predicted octanol–water partition coefficient (Wildman–Crippen LogP) is 6.36. The average molecular weight is 403 g/mol. The van der Waals surface area contributed by atoms with E-state index in [1.54, 1.807) is 5.57 Å². The van der Waals surface area contributed by atoms with Crippen LogP contribution in [0.1, 0.15) is 98.8 Å². The Morgan fingerprint density at radius 2 is 1.76 bits per heavy atom. The van der Waals surface area contributed by atoms with Crippen LogP contribution in [0.4, 0.5) is 0 Å². The molecule has 4 rings (SSSR count). The smallest absolute Gasteiger partial charge is 0.0577 e. The normalized spacial score (nSPS) is 46.5. The summed E-state index contributed by atoms with van der Waals surface area (Å²) in [5.74, 6) is 4.25. The largest absolute Gasteiger partial charge is 0.393 e. The number of aliphatic hydroxyl groups excluding tert-OH is 2. The van der Waals surface area contributed by atoms with Crippen LogP contribution < -0.4 is 0 Å². The molecule has 0 bridgehead atoms. The van der Waals surface area contributed by atoms with Crippen LogP contribution in [0, 0.1) is 46.3 Å². The van der Waals surface area contributed by atoms with Crippen LogP contribution in [0.25, 0.3) is 0 Å². The molecule has 0 saturated heterocycles. The van der Waals surface area contributed by atoms with Crippen LogP contribution in [-0.2, 0) is 0 Å². The van der Waals surface area contributed by atoms with Crippen molar-refractivity contribution in [3.8, 4) is 0 Å². The molecular weight excluding hydrogens is 356 g/mol. The second-order valence-corrected chi connectivity index (χ2v) is 12.3. The number of rotatable bonds is 5. The van der Waals surface area contributed by atoms with E-state index in [0.717, 1.165) is 43.4 Å². The van der Waals surface area contributed by atoms with Crippen LogP contribution in [0.15, 0.2) is 11.6 Å². The van der Waals surface area contributed by atoms with Gasteiger partial charge in [0.2, 0.25) is 0 Å². The predicted molar refractivity (Wildman–Crippen MR) is 120 cm³/mol. The SMILES string of the molecule is CC(C)CC[C@@H](O)[C@@H](C)[C@H]1CC[C@H]2[C@H]3CC=C4C[C@@H](O)CC[C@]4(C)[C@H]3CC[C@]12C. The van der Waals surface area contributed by atoms with Gasteiger partial charge in [-0.1, -0.05) is 46.3 Å². The molecule has 0 aliphatic heterocycles. The molecule has 4 aliphatic carbocycles. The van der Waals surface area contributed by atoms with Crippen LogP contribution >= 0.6 is 0 Å². The third-order valence-electron chi connectivity index (χ3n) is 10.4. The molecule has 9 atom stereocenters. The monoisotopic (exact) mass is 402 g/mol. The standard InChI is InChI=1S/C27H46O2/c1-17(2)6-11-25(29)18(3)22-9-10-23-21-8-7-19-16-20(28)12-14-26(19,4)24(21)13-15-27(22,23)5/h7,17-18,20-25,28-29H,6,8-16H2,1-5H3/t18-,20-,21+,22+,23-,24-,25+,26-,27+/m0/s1. The van der Waals surface area contributed by atoms with Gasteiger partial charge in [0, 0.05) is 0 Å². The van der Waals surface area contributed by atoms with E-state index in [1.165, 1.54) is 38.5 Å². The maximum atomic E-state index is 11.0. The molecular formula is C27H46O2. The fraction of sp³-hybridized carbons (Fsp3) is 0.926. The van der Waals surface area contributed by atoms with E-state index in [-0.39, 0.29) is 12.2 Å². The Balaban J connectivity index is 1.51. The van der Waals surface area contributed by atoms with Crippen molar-refractivity contribution in [2.24, 2.45) is 46.3 Å². The van der Waals surface area contributed by atoms with Gasteiger partial charge in [0.05, 0.1) is 12.2 Å². The minimum absolute atomic E-state index is 0.108. The van der Waals surface area contributed by atoms with Gasteiger partial charge in [0.1, 0.15) is 0 Å². The molecule has 3 saturated carbocycles. The van der Waals surface area contributed by atoms with Crippen molar-refractivity contribution in [3.63, 3.8) is 0 Å². The Hall–Kier alpha value is -0.340. The van der Waals surface area contributed by atoms with E-state index in [1.807, 2.05) is 0 Å². The Morgan fingerprint density at radius 1 is 1.00 bits per heavy atom. The van der Waals surface area contributed by atoms with E-state index in [0.29, 0.717) is 28.6 Å². The van der Waals surface area contributed by atoms with Crippen molar-refractivity contribution >= 4 is 0 Å². The highest BCUT2D eigenvalue weighted by atomic mass is 16.3. The molecule has 2 heteroatoms. The summed E-state index contributed by atoms with van der Waals surface area (Å²) in [6, 6.07) is 0. The van der Waals surface area contributed by atoms with Gasteiger partial charge < -0.3 is 10.2 Å². The fourth-order valence-corrected chi connectivity index (χ4v) is 8.58. The lowest BCUT2D eigenvalue weighted by atomic mass is 9.47. The molecule has 3 fully saturated rings. The molecule has 166 valence electrons. The Morgan fingerprint density at radius 3 is 2.48 bits per heavy atom. The molecule has 0 aromatic rings. The summed E-state index contributed by atoms with van der Waals surface area (Å²) in [4.78, 5) is 0. The molecule has 4 aliphatic rings. The summed E-state index contributed by atoms with van der Waals surface area (Å²) < 4.78 is 0. The first kappa shape index (κ1) is 21.9. The fourth-order valence-electron chi connectivity index (χ4n) is 8.58. The lowest BCUT2D eigenvalue weighted by Gasteiger charge is -2.58. The molecule has 0 amide bonds. The Bertz CT molecular complexity index is 624. The Kier molecular flexibility index (Phi) is 6.01. The van der Waals surface area contributed by atoms with E-state index < -0.39 is 0 Å². The average Bonchev–Trinajstić information content (AvgIpc) is 3.03. The minimum Gasteiger partial charge on any atom is -0.393 e. The molecule has 0 spiro atoms. The number of fused-ring (bicyclic) bond motifs is 5. The second kappa shape index (κ2) is 7.97. The summed E-state index contributed by atoms with van der Waals surface area (Å²) >= 11 is 0. The van der Waals surface area contributed by atoms with Crippen molar-refractivity contribution in [1.82, 2.24) is 0 Å². The van der Waals surface area contributed by atoms with E-state index in [9.17, 15) is 10.2 Å². The van der Waals surface area contributed by atoms with Crippen molar-refractivity contribution in [1.29, 1.82) is 0 Å². The van der Waals surface area contributed by atoms with Crippen molar-refractivity contribution in [2.45, 2.75) is 111 Å². The molecule has 2 N–H and O–H groups in total. The summed E-state index contributed by atoms with van der Waals surface area (Å²) in [5.41, 5.74) is 2.33. The van der Waals surface area contributed by atoms with Crippen LogP contribution in [0.2, 0.25) is 0 Å². The number of hydrogen-bond acceptors (Lipinski definition) is 2. The van der Waals surface area contributed by atoms with Crippen LogP contribution in [-0.4, -0.2) is 22.4 Å². The lowest BCUT2D eigenvalue weighted by Crippen LogP contribution is -2.51. The van der Waals surface area contributed by atoms with Crippen molar-refractivity contribution in [3.05, 3.63) is 11.6 Å². The summed E-state index contributed by atoms with van der Waals surface area (Å²) in [6.07, 6.45) is 14.1. The number of hydrogen-bond donors (Lipinski definition) is 2. The second-order valence-electron chi connectivity index (χ2n) is 12.3. The summed E-state index contributed by atoms with van der Waals surface area (Å²) in [5, 5.41) is 21.2. The van der Waals surface area contributed by atoms with E-state index in [2.05, 4.69) is 40.7 Å². The number of aliphatic hydroxyl groups is 2. The molecule has 0 aromatic carbocycles. The molecule has 0 aromatic heterocycles. The molecule has 2 nitrogen and oxygen atoms in total. The topological polar surface area (TPSA) is 40.5 Å². The highest BCUT2D eigenvalue weighted by Crippen LogP contribution is 2.67. The highest BCUT2D eigenvalue weighted by molar-refractivity contribution is 5.25. The van der Waals surface area contributed by atoms with Gasteiger partial charge in [-0.2, -0.15) is 0 Å². The van der Waals surface area contributed by atoms with Crippen molar-refractivity contribution in [2.75, 3.05) is 0 Å². The van der Waals surface area contributed by atoms with Crippen molar-refractivity contribution < 1.29 is 10.2 Å². The lowest BCUT2D eigenvalue weighted by molar-refractivity contribution is -0.0681. The van der Waals surface area contributed by atoms with E-state index in [4.69, 9.17) is 0 Å². The third-order valence-corrected chi connectivity index (χ3v) is 10.4. The van der Waals surface area contributed by atoms with Crippen LogP contribution in [0.3, 0.4) is 0 Å². The maximum absolute atomic E-state index is 11.0. The van der Waals surface area contributed by atoms with E-state index >= 15 is 0 Å². The summed E-state index contributed by atoms with van der Waals surface area (Å²) in [7, 11) is 0. The summed E-state index contributed by atoms with van der Waals surface area (Å²) in [6.45, 7) is 12.0. The molecule has 0 radical (unpaired) electrons. The number of allylic oxidation sites excluding steroid dienone is 1. The van der Waals surface area contributed by atoms with Gasteiger partial charge in [-0.25, -0.2) is 0 Å². The van der Waals surface area contributed by atoms with Crippen LogP contribution in [0.5, 0.6) is 0 Å². The third kappa shape index (κ3) is 3.65. The zero-order valence-corrected chi connectivity index (χ0v) is 19.7. The minimum atomic E-state index is -0.133. The zero-order chi connectivity index (χ0) is 21.0. The first-order valence-electron chi connectivity index (χ1n) is 12.7. The highest BCUT2D eigenvalue weighted by Gasteiger charge is 2.59. The van der Waals surface area contributed by atoms with Gasteiger partial charge >= 0.3 is 0 Å². The Labute approximate surface area is 179 Å². The van der Waals surface area contributed by atoms with Gasteiger partial charge in [0.25, 0.3) is 0 Å². The zero-order valence-electron chi connectivity index (χ0n) is 19.7. The molecule has 29 heavy (non-hydrogen) atoms. The molecule has 0 unspecified atom stereocenters. The van der Waals surface area contributed by atoms with Gasteiger partial charge in [-0.05, 0) is 111 Å². The maximum Gasteiger partial charge on any atom is 0.0577 e. The van der Waals surface area contributed by atoms with Gasteiger partial charge in [-0.3, -0.25) is 0 Å². The van der Waals surface area contributed by atoms with Gasteiger partial charge in [0.15, 0.2) is 0 Å².